The number of nitrogens with one attached hydrogen (secondary N) is 1. The minimum Gasteiger partial charge on any atom is -0.493 e. The molecule has 1 aliphatic rings. The second-order valence-electron chi connectivity index (χ2n) is 7.21. The number of rotatable bonds is 6. The van der Waals surface area contributed by atoms with Gasteiger partial charge in [0.15, 0.2) is 18.1 Å². The van der Waals surface area contributed by atoms with Gasteiger partial charge in [-0.05, 0) is 31.0 Å². The third kappa shape index (κ3) is 5.51. The van der Waals surface area contributed by atoms with Crippen molar-refractivity contribution < 1.29 is 19.1 Å². The van der Waals surface area contributed by atoms with Gasteiger partial charge in [0.2, 0.25) is 5.91 Å². The molecule has 0 bridgehead atoms. The Kier molecular flexibility index (Phi) is 6.91. The number of amides is 2. The highest BCUT2D eigenvalue weighted by Crippen LogP contribution is 2.28. The van der Waals surface area contributed by atoms with Gasteiger partial charge in [0.1, 0.15) is 5.54 Å². The van der Waals surface area contributed by atoms with E-state index in [1.807, 2.05) is 12.1 Å². The topological polar surface area (TPSA) is 104 Å². The number of hydrogen-bond acceptors (Lipinski definition) is 5. The minimum atomic E-state index is -0.637. The van der Waals surface area contributed by atoms with Crippen LogP contribution in [0.4, 0.5) is 0 Å². The van der Waals surface area contributed by atoms with Crippen LogP contribution in [0.15, 0.2) is 42.7 Å². The first kappa shape index (κ1) is 21.2. The van der Waals surface area contributed by atoms with Crippen LogP contribution in [0, 0.1) is 11.8 Å². The molecule has 0 spiro atoms. The molecule has 1 fully saturated rings. The highest BCUT2D eigenvalue weighted by atomic mass is 16.5. The number of aromatic nitrogens is 1. The molecule has 1 saturated carbocycles. The Bertz CT molecular complexity index is 972. The van der Waals surface area contributed by atoms with Crippen molar-refractivity contribution in [1.29, 1.82) is 0 Å². The number of benzene rings is 1. The molecule has 1 heterocycles. The van der Waals surface area contributed by atoms with E-state index in [9.17, 15) is 9.59 Å². The van der Waals surface area contributed by atoms with E-state index >= 15 is 0 Å². The number of ether oxygens (including phenoxy) is 2. The summed E-state index contributed by atoms with van der Waals surface area (Å²) < 4.78 is 10.9. The second-order valence-corrected chi connectivity index (χ2v) is 7.21. The summed E-state index contributed by atoms with van der Waals surface area (Å²) in [7, 11) is 1.55. The van der Waals surface area contributed by atoms with Crippen molar-refractivity contribution in [2.45, 2.75) is 37.6 Å². The molecule has 0 radical (unpaired) electrons. The summed E-state index contributed by atoms with van der Waals surface area (Å²) >= 11 is 0. The molecule has 3 rings (SSSR count). The number of para-hydroxylation sites is 2. The standard InChI is InChI=1S/C23H25N3O4/c1-29-19-7-3-4-8-20(19)30-16-21(27)26-23(10-5-2-6-11-23)12-9-17-13-18(22(24)28)15-25-14-17/h3-4,7-8,13-15H,2,5-6,10-11,16H2,1H3,(H2,24,28)(H,26,27). The van der Waals surface area contributed by atoms with Crippen molar-refractivity contribution in [2.75, 3.05) is 13.7 Å². The summed E-state index contributed by atoms with van der Waals surface area (Å²) in [5.41, 5.74) is 5.55. The van der Waals surface area contributed by atoms with Gasteiger partial charge in [-0.2, -0.15) is 0 Å². The third-order valence-electron chi connectivity index (χ3n) is 4.98. The van der Waals surface area contributed by atoms with E-state index in [1.165, 1.54) is 6.20 Å². The molecule has 7 heteroatoms. The number of carbonyl (C=O) groups is 2. The average molecular weight is 407 g/mol. The summed E-state index contributed by atoms with van der Waals surface area (Å²) in [6.07, 6.45) is 7.54. The van der Waals surface area contributed by atoms with Crippen LogP contribution in [-0.4, -0.2) is 36.1 Å². The Balaban J connectivity index is 1.72. The lowest BCUT2D eigenvalue weighted by Crippen LogP contribution is -2.50. The Morgan fingerprint density at radius 1 is 1.17 bits per heavy atom. The molecule has 1 aliphatic carbocycles. The summed E-state index contributed by atoms with van der Waals surface area (Å²) in [6.45, 7) is -0.136. The first-order valence-corrected chi connectivity index (χ1v) is 9.86. The quantitative estimate of drug-likeness (QED) is 0.716. The number of carbonyl (C=O) groups excluding carboxylic acids is 2. The summed E-state index contributed by atoms with van der Waals surface area (Å²) in [5.74, 6) is 6.54. The van der Waals surface area contributed by atoms with Crippen molar-refractivity contribution in [3.8, 4) is 23.3 Å². The van der Waals surface area contributed by atoms with E-state index in [0.717, 1.165) is 32.1 Å². The molecule has 0 saturated heterocycles. The van der Waals surface area contributed by atoms with Crippen LogP contribution in [-0.2, 0) is 4.79 Å². The van der Waals surface area contributed by atoms with Gasteiger partial charge in [-0.25, -0.2) is 0 Å². The van der Waals surface area contributed by atoms with Crippen molar-refractivity contribution >= 4 is 11.8 Å². The number of pyridine rings is 1. The maximum Gasteiger partial charge on any atom is 0.259 e. The monoisotopic (exact) mass is 407 g/mol. The Morgan fingerprint density at radius 3 is 2.60 bits per heavy atom. The Hall–Kier alpha value is -3.53. The normalized spacial score (nSPS) is 14.7. The number of primary amides is 1. The van der Waals surface area contributed by atoms with Crippen LogP contribution in [0.5, 0.6) is 11.5 Å². The van der Waals surface area contributed by atoms with E-state index in [-0.39, 0.29) is 12.5 Å². The van der Waals surface area contributed by atoms with Crippen molar-refractivity contribution in [3.63, 3.8) is 0 Å². The molecule has 2 amide bonds. The van der Waals surface area contributed by atoms with Crippen LogP contribution in [0.3, 0.4) is 0 Å². The smallest absolute Gasteiger partial charge is 0.259 e. The maximum absolute atomic E-state index is 12.6. The SMILES string of the molecule is COc1ccccc1OCC(=O)NC1(C#Cc2cncc(C(N)=O)c2)CCCCC1. The largest absolute Gasteiger partial charge is 0.493 e. The zero-order valence-electron chi connectivity index (χ0n) is 16.9. The number of hydrogen-bond donors (Lipinski definition) is 2. The fourth-order valence-electron chi connectivity index (χ4n) is 3.46. The summed E-state index contributed by atoms with van der Waals surface area (Å²) in [4.78, 5) is 28.0. The zero-order chi connectivity index (χ0) is 21.4. The van der Waals surface area contributed by atoms with E-state index in [2.05, 4.69) is 22.1 Å². The molecule has 0 atom stereocenters. The summed E-state index contributed by atoms with van der Waals surface area (Å²) in [6, 6.07) is 8.78. The molecule has 0 unspecified atom stereocenters. The average Bonchev–Trinajstić information content (AvgIpc) is 2.77. The van der Waals surface area contributed by atoms with Crippen LogP contribution in [0.2, 0.25) is 0 Å². The molecule has 2 aromatic rings. The van der Waals surface area contributed by atoms with E-state index in [0.29, 0.717) is 22.6 Å². The van der Waals surface area contributed by atoms with Crippen molar-refractivity contribution in [1.82, 2.24) is 10.3 Å². The second kappa shape index (κ2) is 9.79. The van der Waals surface area contributed by atoms with Crippen LogP contribution < -0.4 is 20.5 Å². The lowest BCUT2D eigenvalue weighted by atomic mass is 9.82. The van der Waals surface area contributed by atoms with Crippen LogP contribution in [0.25, 0.3) is 0 Å². The summed E-state index contributed by atoms with van der Waals surface area (Å²) in [5, 5.41) is 3.06. The molecular formula is C23H25N3O4. The van der Waals surface area contributed by atoms with Gasteiger partial charge >= 0.3 is 0 Å². The highest BCUT2D eigenvalue weighted by molar-refractivity contribution is 5.92. The zero-order valence-corrected chi connectivity index (χ0v) is 16.9. The fraction of sp³-hybridized carbons (Fsp3) is 0.348. The maximum atomic E-state index is 12.6. The van der Waals surface area contributed by atoms with Gasteiger partial charge in [-0.15, -0.1) is 0 Å². The molecule has 1 aromatic carbocycles. The molecule has 30 heavy (non-hydrogen) atoms. The van der Waals surface area contributed by atoms with Crippen molar-refractivity contribution in [3.05, 3.63) is 53.9 Å². The fourth-order valence-corrected chi connectivity index (χ4v) is 3.46. The molecular weight excluding hydrogens is 382 g/mol. The molecule has 3 N–H and O–H groups in total. The van der Waals surface area contributed by atoms with Gasteiger partial charge in [0.25, 0.3) is 5.91 Å². The number of nitrogens with zero attached hydrogens (tertiary/aromatic N) is 1. The highest BCUT2D eigenvalue weighted by Gasteiger charge is 2.32. The van der Waals surface area contributed by atoms with Gasteiger partial charge in [0, 0.05) is 18.0 Å². The van der Waals surface area contributed by atoms with Gasteiger partial charge in [-0.3, -0.25) is 14.6 Å². The number of nitrogens with two attached hydrogens (primary N) is 1. The van der Waals surface area contributed by atoms with E-state index < -0.39 is 11.4 Å². The minimum absolute atomic E-state index is 0.136. The predicted molar refractivity (Wildman–Crippen MR) is 112 cm³/mol. The predicted octanol–water partition coefficient (Wildman–Crippen LogP) is 2.44. The van der Waals surface area contributed by atoms with E-state index in [4.69, 9.17) is 15.2 Å². The first-order valence-electron chi connectivity index (χ1n) is 9.86. The van der Waals surface area contributed by atoms with E-state index in [1.54, 1.807) is 31.5 Å². The third-order valence-corrected chi connectivity index (χ3v) is 4.98. The molecule has 0 aliphatic heterocycles. The lowest BCUT2D eigenvalue weighted by Gasteiger charge is -2.33. The molecule has 7 nitrogen and oxygen atoms in total. The van der Waals surface area contributed by atoms with Gasteiger partial charge in [-0.1, -0.05) is 43.2 Å². The van der Waals surface area contributed by atoms with Crippen molar-refractivity contribution in [2.24, 2.45) is 5.73 Å². The van der Waals surface area contributed by atoms with Gasteiger partial charge in [0.05, 0.1) is 12.7 Å². The van der Waals surface area contributed by atoms with Gasteiger partial charge < -0.3 is 20.5 Å². The lowest BCUT2D eigenvalue weighted by molar-refractivity contribution is -0.124. The number of methoxy groups -OCH3 is 1. The van der Waals surface area contributed by atoms with Crippen LogP contribution >= 0.6 is 0 Å². The first-order chi connectivity index (χ1) is 14.5. The Morgan fingerprint density at radius 2 is 1.90 bits per heavy atom. The Labute approximate surface area is 176 Å². The van der Waals surface area contributed by atoms with Crippen LogP contribution in [0.1, 0.15) is 48.0 Å². The molecule has 156 valence electrons. The molecule has 1 aromatic heterocycles.